The molecule has 2 saturated heterocycles. The van der Waals surface area contributed by atoms with Crippen molar-refractivity contribution in [2.75, 3.05) is 0 Å². The number of H-pyrrole nitrogens is 1. The summed E-state index contributed by atoms with van der Waals surface area (Å²) in [6.45, 7) is 0. The lowest BCUT2D eigenvalue weighted by Gasteiger charge is -2.39. The molecule has 0 saturated carbocycles. The average Bonchev–Trinajstić information content (AvgIpc) is 3.20. The number of amides is 1. The monoisotopic (exact) mass is 362 g/mol. The Morgan fingerprint density at radius 2 is 1.74 bits per heavy atom. The molecule has 1 aromatic heterocycles. The van der Waals surface area contributed by atoms with Gasteiger partial charge in [0.2, 0.25) is 5.91 Å². The van der Waals surface area contributed by atoms with Crippen molar-refractivity contribution in [3.63, 3.8) is 0 Å². The predicted octanol–water partition coefficient (Wildman–Crippen LogP) is 4.79. The van der Waals surface area contributed by atoms with Crippen molar-refractivity contribution in [2.24, 2.45) is 0 Å². The highest BCUT2D eigenvalue weighted by molar-refractivity contribution is 5.89. The summed E-state index contributed by atoms with van der Waals surface area (Å²) in [4.78, 5) is 18.5. The van der Waals surface area contributed by atoms with Gasteiger partial charge in [-0.3, -0.25) is 4.79 Å². The molecule has 2 aromatic carbocycles. The molecule has 4 heteroatoms. The van der Waals surface area contributed by atoms with Crippen molar-refractivity contribution >= 4 is 16.8 Å². The number of hydrogen-bond donors (Lipinski definition) is 1. The molecule has 0 unspecified atom stereocenters. The lowest BCUT2D eigenvalue weighted by Crippen LogP contribution is -2.46. The molecule has 3 aromatic rings. The largest absolute Gasteiger partial charge is 0.361 e. The van der Waals surface area contributed by atoms with E-state index in [0.29, 0.717) is 24.4 Å². The van der Waals surface area contributed by atoms with Crippen molar-refractivity contribution in [2.45, 2.75) is 50.1 Å². The number of fused-ring (bicyclic) bond motifs is 3. The number of hydrogen-bond acceptors (Lipinski definition) is 1. The molecule has 3 heterocycles. The first-order chi connectivity index (χ1) is 13.2. The first-order valence-electron chi connectivity index (χ1n) is 9.80. The molecule has 3 nitrogen and oxygen atoms in total. The number of carbonyl (C=O) groups excluding carboxylic acids is 1. The summed E-state index contributed by atoms with van der Waals surface area (Å²) < 4.78 is 13.2. The molecule has 2 bridgehead atoms. The Bertz CT molecular complexity index is 963. The average molecular weight is 362 g/mol. The third-order valence-corrected chi connectivity index (χ3v) is 6.38. The van der Waals surface area contributed by atoms with Gasteiger partial charge >= 0.3 is 0 Å². The van der Waals surface area contributed by atoms with E-state index in [1.807, 2.05) is 36.5 Å². The number of para-hydroxylation sites is 1. The molecular formula is C23H23FN2O. The first kappa shape index (κ1) is 16.5. The topological polar surface area (TPSA) is 36.1 Å². The Morgan fingerprint density at radius 1 is 1.04 bits per heavy atom. The third-order valence-electron chi connectivity index (χ3n) is 6.38. The second kappa shape index (κ2) is 6.52. The summed E-state index contributed by atoms with van der Waals surface area (Å²) in [7, 11) is 0. The Labute approximate surface area is 158 Å². The lowest BCUT2D eigenvalue weighted by atomic mass is 9.85. The third kappa shape index (κ3) is 2.93. The molecule has 2 aliphatic rings. The molecular weight excluding hydrogens is 339 g/mol. The van der Waals surface area contributed by atoms with Crippen LogP contribution in [0.5, 0.6) is 0 Å². The number of nitrogens with one attached hydrogen (secondary N) is 1. The van der Waals surface area contributed by atoms with Crippen LogP contribution in [0.3, 0.4) is 0 Å². The molecule has 2 fully saturated rings. The van der Waals surface area contributed by atoms with Crippen molar-refractivity contribution < 1.29 is 9.18 Å². The number of aromatic amines is 1. The Kier molecular flexibility index (Phi) is 4.00. The fraction of sp³-hybridized carbons (Fsp3) is 0.348. The smallest absolute Gasteiger partial charge is 0.227 e. The minimum absolute atomic E-state index is 0.187. The normalized spacial score (nSPS) is 24.5. The van der Waals surface area contributed by atoms with E-state index < -0.39 is 0 Å². The van der Waals surface area contributed by atoms with E-state index in [0.717, 1.165) is 42.1 Å². The molecule has 5 rings (SSSR count). The fourth-order valence-electron chi connectivity index (χ4n) is 5.12. The maximum Gasteiger partial charge on any atom is 0.227 e. The minimum atomic E-state index is -0.187. The number of benzene rings is 2. The second-order valence-electron chi connectivity index (χ2n) is 7.94. The molecule has 0 aliphatic carbocycles. The number of aromatic nitrogens is 1. The summed E-state index contributed by atoms with van der Waals surface area (Å²) in [6.07, 6.45) is 6.57. The van der Waals surface area contributed by atoms with Gasteiger partial charge in [0.25, 0.3) is 0 Å². The molecule has 138 valence electrons. The highest BCUT2D eigenvalue weighted by Gasteiger charge is 2.43. The van der Waals surface area contributed by atoms with E-state index in [-0.39, 0.29) is 11.7 Å². The van der Waals surface area contributed by atoms with Gasteiger partial charge in [0, 0.05) is 29.2 Å². The van der Waals surface area contributed by atoms with Gasteiger partial charge in [-0.1, -0.05) is 30.3 Å². The number of halogens is 1. The molecule has 1 N–H and O–H groups in total. The van der Waals surface area contributed by atoms with E-state index >= 15 is 0 Å². The zero-order chi connectivity index (χ0) is 18.4. The van der Waals surface area contributed by atoms with Gasteiger partial charge in [0.1, 0.15) is 5.82 Å². The van der Waals surface area contributed by atoms with Crippen molar-refractivity contribution in [1.82, 2.24) is 9.88 Å². The predicted molar refractivity (Wildman–Crippen MR) is 104 cm³/mol. The van der Waals surface area contributed by atoms with Crippen LogP contribution in [-0.2, 0) is 11.2 Å². The number of rotatable bonds is 3. The Balaban J connectivity index is 1.33. The van der Waals surface area contributed by atoms with Gasteiger partial charge in [-0.2, -0.15) is 0 Å². The summed E-state index contributed by atoms with van der Waals surface area (Å²) in [5.74, 6) is 0.484. The van der Waals surface area contributed by atoms with Crippen LogP contribution >= 0.6 is 0 Å². The van der Waals surface area contributed by atoms with Gasteiger partial charge in [0.15, 0.2) is 0 Å². The zero-order valence-electron chi connectivity index (χ0n) is 15.2. The van der Waals surface area contributed by atoms with Gasteiger partial charge in [0.05, 0.1) is 6.42 Å². The van der Waals surface area contributed by atoms with Gasteiger partial charge in [-0.15, -0.1) is 0 Å². The van der Waals surface area contributed by atoms with Crippen LogP contribution in [-0.4, -0.2) is 27.9 Å². The van der Waals surface area contributed by atoms with Crippen LogP contribution in [0.4, 0.5) is 4.39 Å². The Hall–Kier alpha value is -2.62. The summed E-state index contributed by atoms with van der Waals surface area (Å²) in [5, 5.41) is 1.14. The molecule has 0 radical (unpaired) electrons. The fourth-order valence-corrected chi connectivity index (χ4v) is 5.12. The molecule has 2 aliphatic heterocycles. The van der Waals surface area contributed by atoms with Crippen LogP contribution in [0, 0.1) is 5.82 Å². The van der Waals surface area contributed by atoms with Crippen LogP contribution in [0.25, 0.3) is 10.9 Å². The van der Waals surface area contributed by atoms with E-state index in [4.69, 9.17) is 0 Å². The van der Waals surface area contributed by atoms with Crippen LogP contribution in [0.2, 0.25) is 0 Å². The lowest BCUT2D eigenvalue weighted by molar-refractivity contribution is -0.135. The molecule has 2 atom stereocenters. The number of nitrogens with zero attached hydrogens (tertiary/aromatic N) is 1. The minimum Gasteiger partial charge on any atom is -0.361 e. The van der Waals surface area contributed by atoms with Gasteiger partial charge < -0.3 is 9.88 Å². The van der Waals surface area contributed by atoms with Crippen molar-refractivity contribution in [3.05, 3.63) is 71.7 Å². The Morgan fingerprint density at radius 3 is 2.48 bits per heavy atom. The van der Waals surface area contributed by atoms with Crippen LogP contribution in [0.1, 0.15) is 42.7 Å². The van der Waals surface area contributed by atoms with E-state index in [1.54, 1.807) is 12.1 Å². The molecule has 27 heavy (non-hydrogen) atoms. The van der Waals surface area contributed by atoms with Gasteiger partial charge in [-0.05, 0) is 60.9 Å². The highest BCUT2D eigenvalue weighted by Crippen LogP contribution is 2.43. The van der Waals surface area contributed by atoms with Crippen LogP contribution < -0.4 is 0 Å². The number of piperidine rings is 1. The quantitative estimate of drug-likeness (QED) is 0.715. The second-order valence-corrected chi connectivity index (χ2v) is 7.94. The first-order valence-corrected chi connectivity index (χ1v) is 9.80. The summed E-state index contributed by atoms with van der Waals surface area (Å²) in [6, 6.07) is 15.7. The zero-order valence-corrected chi connectivity index (χ0v) is 15.2. The SMILES string of the molecule is O=C(Cc1c[nH]c2ccccc12)N1[C@@H]2CC[C@@H]1CC(c1ccc(F)cc1)C2. The van der Waals surface area contributed by atoms with Crippen LogP contribution in [0.15, 0.2) is 54.7 Å². The van der Waals surface area contributed by atoms with Crippen molar-refractivity contribution in [3.8, 4) is 0 Å². The highest BCUT2D eigenvalue weighted by atomic mass is 19.1. The van der Waals surface area contributed by atoms with E-state index in [1.165, 1.54) is 5.56 Å². The molecule has 0 spiro atoms. The maximum absolute atomic E-state index is 13.2. The summed E-state index contributed by atoms with van der Waals surface area (Å²) >= 11 is 0. The maximum atomic E-state index is 13.2. The number of carbonyl (C=O) groups is 1. The summed E-state index contributed by atoms with van der Waals surface area (Å²) in [5.41, 5.74) is 3.37. The van der Waals surface area contributed by atoms with E-state index in [9.17, 15) is 9.18 Å². The van der Waals surface area contributed by atoms with Crippen molar-refractivity contribution in [1.29, 1.82) is 0 Å². The standard InChI is InChI=1S/C23H23FN2O/c24-18-7-5-15(6-8-18)16-11-19-9-10-20(12-16)26(19)23(27)13-17-14-25-22-4-2-1-3-21(17)22/h1-8,14,16,19-20,25H,9-13H2/t19-,20-/m1/s1. The van der Waals surface area contributed by atoms with Gasteiger partial charge in [-0.25, -0.2) is 4.39 Å². The van der Waals surface area contributed by atoms with E-state index in [2.05, 4.69) is 16.0 Å². The molecule has 1 amide bonds.